The molecule has 0 saturated heterocycles. The second-order valence-electron chi connectivity index (χ2n) is 5.19. The molecule has 2 rings (SSSR count). The Morgan fingerprint density at radius 1 is 1.33 bits per heavy atom. The largest absolute Gasteiger partial charge is 0.372 e. The molecule has 0 amide bonds. The van der Waals surface area contributed by atoms with Crippen molar-refractivity contribution in [2.24, 2.45) is 0 Å². The fourth-order valence-corrected chi connectivity index (χ4v) is 2.71. The Hall–Kier alpha value is -1.09. The van der Waals surface area contributed by atoms with Gasteiger partial charge in [-0.25, -0.2) is 0 Å². The van der Waals surface area contributed by atoms with Crippen LogP contribution in [-0.2, 0) is 6.54 Å². The number of pyridine rings is 1. The van der Waals surface area contributed by atoms with E-state index >= 15 is 0 Å². The van der Waals surface area contributed by atoms with E-state index < -0.39 is 0 Å². The minimum atomic E-state index is 0.716. The molecule has 1 fully saturated rings. The Labute approximate surface area is 111 Å². The molecule has 0 spiro atoms. The first-order chi connectivity index (χ1) is 8.81. The van der Waals surface area contributed by atoms with Crippen LogP contribution < -0.4 is 10.2 Å². The molecule has 0 aliphatic heterocycles. The van der Waals surface area contributed by atoms with Crippen molar-refractivity contribution >= 4 is 5.69 Å². The van der Waals surface area contributed by atoms with Crippen LogP contribution in [0.1, 0.15) is 44.7 Å². The number of hydrogen-bond donors (Lipinski definition) is 1. The van der Waals surface area contributed by atoms with E-state index in [-0.39, 0.29) is 0 Å². The van der Waals surface area contributed by atoms with Gasteiger partial charge in [0.2, 0.25) is 0 Å². The van der Waals surface area contributed by atoms with Crippen molar-refractivity contribution in [3.8, 4) is 0 Å². The average molecular weight is 247 g/mol. The Kier molecular flexibility index (Phi) is 5.00. The lowest BCUT2D eigenvalue weighted by atomic mass is 9.94. The summed E-state index contributed by atoms with van der Waals surface area (Å²) >= 11 is 0. The summed E-state index contributed by atoms with van der Waals surface area (Å²) in [7, 11) is 2.22. The highest BCUT2D eigenvalue weighted by atomic mass is 15.1. The maximum Gasteiger partial charge on any atom is 0.0562 e. The molecule has 0 aromatic carbocycles. The van der Waals surface area contributed by atoms with Crippen molar-refractivity contribution in [2.75, 3.05) is 18.5 Å². The topological polar surface area (TPSA) is 28.2 Å². The first-order valence-electron chi connectivity index (χ1n) is 7.19. The zero-order chi connectivity index (χ0) is 12.8. The number of hydrogen-bond acceptors (Lipinski definition) is 3. The van der Waals surface area contributed by atoms with E-state index in [1.807, 2.05) is 6.20 Å². The van der Waals surface area contributed by atoms with Gasteiger partial charge in [-0.3, -0.25) is 4.98 Å². The van der Waals surface area contributed by atoms with Crippen LogP contribution in [0.3, 0.4) is 0 Å². The molecule has 0 radical (unpaired) electrons. The minimum absolute atomic E-state index is 0.716. The first kappa shape index (κ1) is 13.3. The lowest BCUT2D eigenvalue weighted by Crippen LogP contribution is -2.33. The van der Waals surface area contributed by atoms with E-state index in [1.165, 1.54) is 37.8 Å². The van der Waals surface area contributed by atoms with Gasteiger partial charge in [-0.2, -0.15) is 0 Å². The molecule has 0 bridgehead atoms. The number of aromatic nitrogens is 1. The Balaban J connectivity index is 2.02. The minimum Gasteiger partial charge on any atom is -0.372 e. The van der Waals surface area contributed by atoms with Crippen molar-refractivity contribution in [3.63, 3.8) is 0 Å². The summed E-state index contributed by atoms with van der Waals surface area (Å²) in [6.07, 6.45) is 8.77. The summed E-state index contributed by atoms with van der Waals surface area (Å²) in [6, 6.07) is 5.06. The van der Waals surface area contributed by atoms with Crippen molar-refractivity contribution in [1.82, 2.24) is 10.3 Å². The van der Waals surface area contributed by atoms with Gasteiger partial charge in [0, 0.05) is 31.5 Å². The van der Waals surface area contributed by atoms with Crippen LogP contribution in [0.25, 0.3) is 0 Å². The van der Waals surface area contributed by atoms with Gasteiger partial charge in [-0.1, -0.05) is 26.2 Å². The van der Waals surface area contributed by atoms with Gasteiger partial charge in [-0.15, -0.1) is 0 Å². The molecule has 1 aromatic heterocycles. The van der Waals surface area contributed by atoms with Crippen LogP contribution in [0.4, 0.5) is 5.69 Å². The molecule has 0 unspecified atom stereocenters. The second kappa shape index (κ2) is 6.74. The zero-order valence-corrected chi connectivity index (χ0v) is 11.7. The van der Waals surface area contributed by atoms with Gasteiger partial charge in [-0.05, 0) is 31.5 Å². The Morgan fingerprint density at radius 2 is 2.11 bits per heavy atom. The third-order valence-electron chi connectivity index (χ3n) is 3.89. The van der Waals surface area contributed by atoms with Gasteiger partial charge < -0.3 is 10.2 Å². The normalized spacial score (nSPS) is 16.8. The highest BCUT2D eigenvalue weighted by Gasteiger charge is 2.18. The predicted molar refractivity (Wildman–Crippen MR) is 76.9 cm³/mol. The molecule has 1 N–H and O–H groups in total. The van der Waals surface area contributed by atoms with Crippen molar-refractivity contribution in [2.45, 2.75) is 51.6 Å². The first-order valence-corrected chi connectivity index (χ1v) is 7.19. The van der Waals surface area contributed by atoms with Crippen LogP contribution in [0.2, 0.25) is 0 Å². The molecule has 100 valence electrons. The van der Waals surface area contributed by atoms with Crippen LogP contribution >= 0.6 is 0 Å². The van der Waals surface area contributed by atoms with E-state index in [1.54, 1.807) is 0 Å². The molecule has 3 heteroatoms. The SMILES string of the molecule is CCNCc1cc(N(C)C2CCCCC2)ccn1. The molecule has 1 aliphatic carbocycles. The summed E-state index contributed by atoms with van der Waals surface area (Å²) in [5, 5.41) is 3.33. The summed E-state index contributed by atoms with van der Waals surface area (Å²) in [4.78, 5) is 6.86. The maximum atomic E-state index is 4.42. The van der Waals surface area contributed by atoms with E-state index in [9.17, 15) is 0 Å². The van der Waals surface area contributed by atoms with Crippen LogP contribution in [0.15, 0.2) is 18.3 Å². The van der Waals surface area contributed by atoms with Gasteiger partial charge in [0.25, 0.3) is 0 Å². The van der Waals surface area contributed by atoms with Crippen LogP contribution in [-0.4, -0.2) is 24.6 Å². The number of nitrogens with zero attached hydrogens (tertiary/aromatic N) is 2. The molecule has 1 saturated carbocycles. The number of anilines is 1. The molecule has 1 heterocycles. The lowest BCUT2D eigenvalue weighted by Gasteiger charge is -2.33. The fourth-order valence-electron chi connectivity index (χ4n) is 2.71. The molecular weight excluding hydrogens is 222 g/mol. The van der Waals surface area contributed by atoms with Gasteiger partial charge in [0.15, 0.2) is 0 Å². The third kappa shape index (κ3) is 3.45. The summed E-state index contributed by atoms with van der Waals surface area (Å²) in [5.41, 5.74) is 2.45. The van der Waals surface area contributed by atoms with E-state index in [0.717, 1.165) is 18.8 Å². The van der Waals surface area contributed by atoms with Gasteiger partial charge >= 0.3 is 0 Å². The lowest BCUT2D eigenvalue weighted by molar-refractivity contribution is 0.427. The fraction of sp³-hybridized carbons (Fsp3) is 0.667. The third-order valence-corrected chi connectivity index (χ3v) is 3.89. The molecule has 0 atom stereocenters. The van der Waals surface area contributed by atoms with E-state index in [4.69, 9.17) is 0 Å². The maximum absolute atomic E-state index is 4.42. The monoisotopic (exact) mass is 247 g/mol. The van der Waals surface area contributed by atoms with Crippen LogP contribution in [0.5, 0.6) is 0 Å². The zero-order valence-electron chi connectivity index (χ0n) is 11.7. The molecule has 1 aromatic rings. The van der Waals surface area contributed by atoms with E-state index in [2.05, 4.69) is 41.3 Å². The Morgan fingerprint density at radius 3 is 2.83 bits per heavy atom. The molecule has 1 aliphatic rings. The smallest absolute Gasteiger partial charge is 0.0562 e. The van der Waals surface area contributed by atoms with E-state index in [0.29, 0.717) is 6.04 Å². The molecular formula is C15H25N3. The van der Waals surface area contributed by atoms with Crippen molar-refractivity contribution in [1.29, 1.82) is 0 Å². The highest BCUT2D eigenvalue weighted by molar-refractivity contribution is 5.46. The van der Waals surface area contributed by atoms with Crippen LogP contribution in [0, 0.1) is 0 Å². The quantitative estimate of drug-likeness (QED) is 0.867. The predicted octanol–water partition coefficient (Wildman–Crippen LogP) is 2.96. The van der Waals surface area contributed by atoms with Crippen molar-refractivity contribution in [3.05, 3.63) is 24.0 Å². The number of rotatable bonds is 5. The summed E-state index contributed by atoms with van der Waals surface area (Å²) in [6.45, 7) is 3.98. The average Bonchev–Trinajstić information content (AvgIpc) is 2.45. The van der Waals surface area contributed by atoms with Crippen molar-refractivity contribution < 1.29 is 0 Å². The molecule has 18 heavy (non-hydrogen) atoms. The standard InChI is InChI=1S/C15H25N3/c1-3-16-12-13-11-15(9-10-17-13)18(2)14-7-5-4-6-8-14/h9-11,14,16H,3-8,12H2,1-2H3. The Bertz CT molecular complexity index is 359. The number of nitrogens with one attached hydrogen (secondary N) is 1. The molecule has 3 nitrogen and oxygen atoms in total. The highest BCUT2D eigenvalue weighted by Crippen LogP contribution is 2.26. The summed E-state index contributed by atoms with van der Waals surface area (Å²) in [5.74, 6) is 0. The van der Waals surface area contributed by atoms with Gasteiger partial charge in [0.05, 0.1) is 5.69 Å². The second-order valence-corrected chi connectivity index (χ2v) is 5.19. The van der Waals surface area contributed by atoms with Gasteiger partial charge in [0.1, 0.15) is 0 Å². The summed E-state index contributed by atoms with van der Waals surface area (Å²) < 4.78 is 0.